The summed E-state index contributed by atoms with van der Waals surface area (Å²) in [4.78, 5) is 0. The second-order valence-corrected chi connectivity index (χ2v) is 8.59. The zero-order valence-corrected chi connectivity index (χ0v) is 17.8. The average Bonchev–Trinajstić information content (AvgIpc) is 2.74. The summed E-state index contributed by atoms with van der Waals surface area (Å²) >= 11 is 0. The largest absolute Gasteiger partial charge is 0.0945 e. The molecule has 28 heavy (non-hydrogen) atoms. The molecule has 1 saturated carbocycles. The van der Waals surface area contributed by atoms with Crippen LogP contribution in [0.25, 0.3) is 0 Å². The van der Waals surface area contributed by atoms with Crippen LogP contribution in [0.2, 0.25) is 0 Å². The molecule has 0 N–H and O–H groups in total. The smallest absolute Gasteiger partial charge is 0.0245 e. The minimum atomic E-state index is 0.569. The Bertz CT molecular complexity index is 746. The predicted molar refractivity (Wildman–Crippen MR) is 122 cm³/mol. The van der Waals surface area contributed by atoms with Crippen molar-refractivity contribution in [3.05, 3.63) is 70.8 Å². The summed E-state index contributed by atoms with van der Waals surface area (Å²) in [6.45, 7) is 4.40. The van der Waals surface area contributed by atoms with Crippen LogP contribution in [0.3, 0.4) is 0 Å². The van der Waals surface area contributed by atoms with Gasteiger partial charge in [0.25, 0.3) is 0 Å². The monoisotopic (exact) mass is 372 g/mol. The van der Waals surface area contributed by atoms with Crippen LogP contribution in [-0.4, -0.2) is 0 Å². The van der Waals surface area contributed by atoms with Crippen LogP contribution in [0.5, 0.6) is 0 Å². The molecule has 0 amide bonds. The highest BCUT2D eigenvalue weighted by molar-refractivity contribution is 5.36. The first-order valence-electron chi connectivity index (χ1n) is 11.4. The fourth-order valence-electron chi connectivity index (χ4n) is 4.28. The molecule has 1 aliphatic carbocycles. The summed E-state index contributed by atoms with van der Waals surface area (Å²) in [6, 6.07) is 18.1. The quantitative estimate of drug-likeness (QED) is 0.343. The normalized spacial score (nSPS) is 19.1. The Kier molecular flexibility index (Phi) is 8.23. The van der Waals surface area contributed by atoms with Crippen LogP contribution in [0.15, 0.2) is 48.5 Å². The molecule has 0 unspecified atom stereocenters. The van der Waals surface area contributed by atoms with E-state index in [1.165, 1.54) is 75.3 Å². The van der Waals surface area contributed by atoms with E-state index >= 15 is 0 Å². The Morgan fingerprint density at radius 1 is 0.786 bits per heavy atom. The Morgan fingerprint density at radius 3 is 2.14 bits per heavy atom. The van der Waals surface area contributed by atoms with Gasteiger partial charge in [0.1, 0.15) is 0 Å². The van der Waals surface area contributed by atoms with Crippen LogP contribution in [0.4, 0.5) is 0 Å². The van der Waals surface area contributed by atoms with Crippen LogP contribution in [0, 0.1) is 24.7 Å². The van der Waals surface area contributed by atoms with Crippen molar-refractivity contribution in [2.45, 2.75) is 84.0 Å². The molecule has 0 heterocycles. The van der Waals surface area contributed by atoms with Gasteiger partial charge >= 0.3 is 0 Å². The fourth-order valence-corrected chi connectivity index (χ4v) is 4.28. The van der Waals surface area contributed by atoms with Crippen molar-refractivity contribution < 1.29 is 0 Å². The molecule has 2 aromatic carbocycles. The van der Waals surface area contributed by atoms with Crippen molar-refractivity contribution in [1.29, 1.82) is 0 Å². The predicted octanol–water partition coefficient (Wildman–Crippen LogP) is 7.83. The average molecular weight is 373 g/mol. The van der Waals surface area contributed by atoms with Crippen molar-refractivity contribution in [2.75, 3.05) is 0 Å². The number of rotatable bonds is 7. The lowest BCUT2D eigenvalue weighted by atomic mass is 9.78. The maximum absolute atomic E-state index is 3.53. The third-order valence-electron chi connectivity index (χ3n) is 6.22. The highest BCUT2D eigenvalue weighted by Crippen LogP contribution is 2.35. The van der Waals surface area contributed by atoms with Crippen molar-refractivity contribution in [3.8, 4) is 11.8 Å². The molecular formula is C28H36. The molecule has 0 atom stereocenters. The highest BCUT2D eigenvalue weighted by Gasteiger charge is 2.21. The summed E-state index contributed by atoms with van der Waals surface area (Å²) in [5.74, 6) is 8.21. The third-order valence-corrected chi connectivity index (χ3v) is 6.22. The molecule has 0 radical (unpaired) electrons. The maximum Gasteiger partial charge on any atom is 0.0245 e. The molecule has 0 spiro atoms. The van der Waals surface area contributed by atoms with E-state index in [1.54, 1.807) is 5.56 Å². The molecule has 0 aromatic heterocycles. The fraction of sp³-hybridized carbons (Fsp3) is 0.500. The molecule has 0 aliphatic heterocycles. The van der Waals surface area contributed by atoms with Gasteiger partial charge < -0.3 is 0 Å². The van der Waals surface area contributed by atoms with Crippen LogP contribution >= 0.6 is 0 Å². The van der Waals surface area contributed by atoms with E-state index < -0.39 is 0 Å². The lowest BCUT2D eigenvalue weighted by molar-refractivity contribution is 0.384. The Balaban J connectivity index is 1.44. The minimum Gasteiger partial charge on any atom is -0.0945 e. The van der Waals surface area contributed by atoms with Crippen molar-refractivity contribution in [3.63, 3.8) is 0 Å². The van der Waals surface area contributed by atoms with Gasteiger partial charge in [-0.2, -0.15) is 0 Å². The molecule has 2 aromatic rings. The van der Waals surface area contributed by atoms with E-state index in [2.05, 4.69) is 74.2 Å². The molecular weight excluding hydrogens is 336 g/mol. The van der Waals surface area contributed by atoms with Gasteiger partial charge in [-0.15, -0.1) is 0 Å². The first-order valence-corrected chi connectivity index (χ1v) is 11.4. The van der Waals surface area contributed by atoms with Gasteiger partial charge in [0, 0.05) is 11.5 Å². The van der Waals surface area contributed by atoms with Gasteiger partial charge in [0.05, 0.1) is 0 Å². The highest BCUT2D eigenvalue weighted by atomic mass is 14.2. The molecule has 0 nitrogen and oxygen atoms in total. The van der Waals surface area contributed by atoms with Gasteiger partial charge in [-0.25, -0.2) is 0 Å². The van der Waals surface area contributed by atoms with Gasteiger partial charge in [0.2, 0.25) is 0 Å². The first kappa shape index (κ1) is 20.7. The molecule has 1 aliphatic rings. The Labute approximate surface area is 172 Å². The number of hydrogen-bond acceptors (Lipinski definition) is 0. The summed E-state index contributed by atoms with van der Waals surface area (Å²) in [5, 5.41) is 0. The number of benzene rings is 2. The zero-order chi connectivity index (χ0) is 19.6. The number of aryl methyl sites for hydroxylation is 2. The number of unbranched alkanes of at least 4 members (excludes halogenated alkanes) is 4. The molecule has 0 heteroatoms. The summed E-state index contributed by atoms with van der Waals surface area (Å²) in [7, 11) is 0. The lowest BCUT2D eigenvalue weighted by Gasteiger charge is -2.26. The van der Waals surface area contributed by atoms with Crippen molar-refractivity contribution in [2.24, 2.45) is 5.92 Å². The van der Waals surface area contributed by atoms with E-state index in [-0.39, 0.29) is 0 Å². The van der Waals surface area contributed by atoms with Crippen LogP contribution in [0.1, 0.15) is 92.9 Å². The second-order valence-electron chi connectivity index (χ2n) is 8.59. The van der Waals surface area contributed by atoms with E-state index in [9.17, 15) is 0 Å². The summed E-state index contributed by atoms with van der Waals surface area (Å²) in [6.07, 6.45) is 13.1. The molecule has 1 fully saturated rings. The summed E-state index contributed by atoms with van der Waals surface area (Å²) in [5.41, 5.74) is 5.50. The Hall–Kier alpha value is -2.00. The maximum atomic E-state index is 3.53. The van der Waals surface area contributed by atoms with E-state index in [0.717, 1.165) is 11.5 Å². The number of hydrogen-bond donors (Lipinski definition) is 0. The molecule has 3 rings (SSSR count). The van der Waals surface area contributed by atoms with Gasteiger partial charge in [0.15, 0.2) is 0 Å². The standard InChI is InChI=1S/C28H36/c1-3-4-5-6-7-8-24-15-19-27(20-16-24)28-21-17-26(18-22-28)14-13-25-11-9-23(2)10-12-25/h9-12,15-16,19-20,26,28H,3-8,17-18,21-22H2,1-2H3. The van der Waals surface area contributed by atoms with E-state index in [4.69, 9.17) is 0 Å². The van der Waals surface area contributed by atoms with Crippen molar-refractivity contribution >= 4 is 0 Å². The third kappa shape index (κ3) is 6.56. The SMILES string of the molecule is CCCCCCCc1ccc(C2CCC(C#Cc3ccc(C)cc3)CC2)cc1. The van der Waals surface area contributed by atoms with Crippen molar-refractivity contribution in [1.82, 2.24) is 0 Å². The second kappa shape index (κ2) is 11.1. The molecule has 0 bridgehead atoms. The Morgan fingerprint density at radius 2 is 1.46 bits per heavy atom. The summed E-state index contributed by atoms with van der Waals surface area (Å²) < 4.78 is 0. The zero-order valence-electron chi connectivity index (χ0n) is 17.8. The van der Waals surface area contributed by atoms with Crippen LogP contribution < -0.4 is 0 Å². The van der Waals surface area contributed by atoms with E-state index in [0.29, 0.717) is 5.92 Å². The molecule has 0 saturated heterocycles. The lowest BCUT2D eigenvalue weighted by Crippen LogP contribution is -2.12. The molecule has 148 valence electrons. The topological polar surface area (TPSA) is 0 Å². The van der Waals surface area contributed by atoms with Crippen LogP contribution in [-0.2, 0) is 6.42 Å². The van der Waals surface area contributed by atoms with Gasteiger partial charge in [-0.3, -0.25) is 0 Å². The first-order chi connectivity index (χ1) is 13.7. The van der Waals surface area contributed by atoms with Gasteiger partial charge in [-0.05, 0) is 74.6 Å². The van der Waals surface area contributed by atoms with Gasteiger partial charge in [-0.1, -0.05) is 86.4 Å². The minimum absolute atomic E-state index is 0.569. The van der Waals surface area contributed by atoms with E-state index in [1.807, 2.05) is 0 Å².